The number of carbonyl (C=O) groups excluding carboxylic acids is 2. The highest BCUT2D eigenvalue weighted by molar-refractivity contribution is 5.95. The van der Waals surface area contributed by atoms with Crippen molar-refractivity contribution in [1.29, 1.82) is 0 Å². The Morgan fingerprint density at radius 3 is 2.64 bits per heavy atom. The van der Waals surface area contributed by atoms with Crippen LogP contribution >= 0.6 is 0 Å². The molecule has 2 aromatic carbocycles. The molecule has 1 atom stereocenters. The van der Waals surface area contributed by atoms with Crippen molar-refractivity contribution in [1.82, 2.24) is 20.0 Å². The summed E-state index contributed by atoms with van der Waals surface area (Å²) >= 11 is 0. The first-order valence-corrected chi connectivity index (χ1v) is 13.1. The van der Waals surface area contributed by atoms with Gasteiger partial charge in [-0.2, -0.15) is 5.10 Å². The summed E-state index contributed by atoms with van der Waals surface area (Å²) in [4.78, 5) is 29.7. The highest BCUT2D eigenvalue weighted by atomic mass is 16.2. The number of aryl methyl sites for hydroxylation is 1. The van der Waals surface area contributed by atoms with Crippen LogP contribution in [-0.2, 0) is 17.9 Å². The van der Waals surface area contributed by atoms with E-state index in [1.54, 1.807) is 4.90 Å². The van der Waals surface area contributed by atoms with Gasteiger partial charge < -0.3 is 10.2 Å². The summed E-state index contributed by atoms with van der Waals surface area (Å²) in [7, 11) is 0. The van der Waals surface area contributed by atoms with E-state index in [-0.39, 0.29) is 11.8 Å². The van der Waals surface area contributed by atoms with Crippen LogP contribution in [0.25, 0.3) is 11.3 Å². The smallest absolute Gasteiger partial charge is 0.251 e. The molecule has 7 heteroatoms. The molecule has 0 radical (unpaired) electrons. The minimum Gasteiger partial charge on any atom is -0.352 e. The average molecular weight is 486 g/mol. The Morgan fingerprint density at radius 2 is 1.86 bits per heavy atom. The third kappa shape index (κ3) is 5.51. The lowest BCUT2D eigenvalue weighted by molar-refractivity contribution is -0.119. The van der Waals surface area contributed by atoms with Crippen LogP contribution in [0.5, 0.6) is 0 Å². The van der Waals surface area contributed by atoms with Gasteiger partial charge in [0.2, 0.25) is 5.91 Å². The number of amides is 2. The summed E-state index contributed by atoms with van der Waals surface area (Å²) < 4.78 is 1.91. The molecule has 2 amide bonds. The van der Waals surface area contributed by atoms with Crippen LogP contribution < -0.4 is 10.2 Å². The summed E-state index contributed by atoms with van der Waals surface area (Å²) in [5, 5.41) is 7.77. The number of rotatable bonds is 8. The average Bonchev–Trinajstić information content (AvgIpc) is 3.35. The minimum atomic E-state index is -0.0483. The number of likely N-dealkylation sites (tertiary alicyclic amines) is 1. The molecular formula is C29H35N5O2. The number of carbonyl (C=O) groups is 2. The molecule has 0 unspecified atom stereocenters. The Bertz CT molecular complexity index is 1190. The van der Waals surface area contributed by atoms with E-state index in [1.807, 2.05) is 65.3 Å². The van der Waals surface area contributed by atoms with Crippen molar-refractivity contribution < 1.29 is 9.59 Å². The van der Waals surface area contributed by atoms with E-state index in [0.717, 1.165) is 35.6 Å². The standard InChI is InChI=1S/C29H35N5O2/c1-22-8-5-6-17-32(22)18-7-16-30-29(36)25-13-11-23(12-14-25)21-33-27-20-26(24-9-3-2-4-10-24)31-34(27)19-15-28(33)35/h2-4,9-14,20,22H,5-8,15-19,21H2,1H3,(H,30,36)/t22-/m1/s1. The van der Waals surface area contributed by atoms with Crippen molar-refractivity contribution in [3.05, 3.63) is 71.8 Å². The SMILES string of the molecule is C[C@@H]1CCCCN1CCCNC(=O)c1ccc(CN2C(=O)CCn3nc(-c4ccccc4)cc32)cc1. The first-order chi connectivity index (χ1) is 17.6. The maximum atomic E-state index is 12.8. The van der Waals surface area contributed by atoms with Crippen LogP contribution in [0.4, 0.5) is 5.82 Å². The van der Waals surface area contributed by atoms with Gasteiger partial charge in [0.05, 0.1) is 18.8 Å². The van der Waals surface area contributed by atoms with Gasteiger partial charge in [0.25, 0.3) is 5.91 Å². The van der Waals surface area contributed by atoms with Gasteiger partial charge in [-0.1, -0.05) is 48.9 Å². The predicted molar refractivity (Wildman–Crippen MR) is 142 cm³/mol. The molecule has 3 aromatic rings. The molecular weight excluding hydrogens is 450 g/mol. The molecule has 1 aromatic heterocycles. The van der Waals surface area contributed by atoms with Gasteiger partial charge >= 0.3 is 0 Å². The Balaban J connectivity index is 1.17. The number of hydrogen-bond donors (Lipinski definition) is 1. The molecule has 0 saturated carbocycles. The quantitative estimate of drug-likeness (QED) is 0.478. The third-order valence-electron chi connectivity index (χ3n) is 7.35. The van der Waals surface area contributed by atoms with Crippen molar-refractivity contribution in [3.63, 3.8) is 0 Å². The Morgan fingerprint density at radius 1 is 1.06 bits per heavy atom. The highest BCUT2D eigenvalue weighted by Gasteiger charge is 2.26. The molecule has 2 aliphatic heterocycles. The van der Waals surface area contributed by atoms with Gasteiger partial charge in [-0.25, -0.2) is 4.68 Å². The molecule has 36 heavy (non-hydrogen) atoms. The van der Waals surface area contributed by atoms with Crippen LogP contribution in [0.1, 0.15) is 54.9 Å². The number of nitrogens with one attached hydrogen (secondary N) is 1. The monoisotopic (exact) mass is 485 g/mol. The zero-order valence-corrected chi connectivity index (χ0v) is 21.0. The van der Waals surface area contributed by atoms with E-state index in [4.69, 9.17) is 5.10 Å². The number of anilines is 1. The van der Waals surface area contributed by atoms with Crippen LogP contribution in [0.15, 0.2) is 60.7 Å². The molecule has 1 N–H and O–H groups in total. The second-order valence-electron chi connectivity index (χ2n) is 9.89. The number of aromatic nitrogens is 2. The molecule has 7 nitrogen and oxygen atoms in total. The van der Waals surface area contributed by atoms with E-state index in [2.05, 4.69) is 17.1 Å². The van der Waals surface area contributed by atoms with Crippen LogP contribution in [0, 0.1) is 0 Å². The molecule has 0 aliphatic carbocycles. The Kier molecular flexibility index (Phi) is 7.47. The van der Waals surface area contributed by atoms with Gasteiger partial charge in [-0.3, -0.25) is 14.5 Å². The first-order valence-electron chi connectivity index (χ1n) is 13.1. The summed E-state index contributed by atoms with van der Waals surface area (Å²) in [6.07, 6.45) is 5.28. The maximum absolute atomic E-state index is 12.8. The first kappa shape index (κ1) is 24.3. The largest absolute Gasteiger partial charge is 0.352 e. The summed E-state index contributed by atoms with van der Waals surface area (Å²) in [6, 6.07) is 20.2. The van der Waals surface area contributed by atoms with Crippen molar-refractivity contribution >= 4 is 17.6 Å². The molecule has 5 rings (SSSR count). The minimum absolute atomic E-state index is 0.0483. The van der Waals surface area contributed by atoms with Gasteiger partial charge in [0, 0.05) is 42.7 Å². The zero-order chi connectivity index (χ0) is 24.9. The van der Waals surface area contributed by atoms with E-state index in [1.165, 1.54) is 25.8 Å². The summed E-state index contributed by atoms with van der Waals surface area (Å²) in [6.45, 7) is 6.23. The zero-order valence-electron chi connectivity index (χ0n) is 21.0. The van der Waals surface area contributed by atoms with E-state index >= 15 is 0 Å². The lowest BCUT2D eigenvalue weighted by atomic mass is 10.0. The molecule has 0 bridgehead atoms. The third-order valence-corrected chi connectivity index (χ3v) is 7.35. The Labute approximate surface area is 213 Å². The van der Waals surface area contributed by atoms with Gasteiger partial charge in [0.1, 0.15) is 5.82 Å². The topological polar surface area (TPSA) is 70.5 Å². The van der Waals surface area contributed by atoms with Gasteiger partial charge in [0.15, 0.2) is 0 Å². The summed E-state index contributed by atoms with van der Waals surface area (Å²) in [5.41, 5.74) is 3.53. The van der Waals surface area contributed by atoms with Crippen molar-refractivity contribution in [2.45, 2.75) is 58.2 Å². The lowest BCUT2D eigenvalue weighted by Gasteiger charge is -2.33. The number of benzene rings is 2. The molecule has 1 fully saturated rings. The molecule has 3 heterocycles. The fraction of sp³-hybridized carbons (Fsp3) is 0.414. The summed E-state index contributed by atoms with van der Waals surface area (Å²) in [5.74, 6) is 0.856. The number of nitrogens with zero attached hydrogens (tertiary/aromatic N) is 4. The van der Waals surface area contributed by atoms with Crippen LogP contribution in [-0.4, -0.2) is 52.2 Å². The number of piperidine rings is 1. The molecule has 1 saturated heterocycles. The van der Waals surface area contributed by atoms with Crippen molar-refractivity contribution in [2.75, 3.05) is 24.5 Å². The normalized spacial score (nSPS) is 18.2. The number of hydrogen-bond acceptors (Lipinski definition) is 4. The number of fused-ring (bicyclic) bond motifs is 1. The van der Waals surface area contributed by atoms with Crippen molar-refractivity contribution in [3.8, 4) is 11.3 Å². The van der Waals surface area contributed by atoms with E-state index in [0.29, 0.717) is 37.7 Å². The van der Waals surface area contributed by atoms with Gasteiger partial charge in [-0.15, -0.1) is 0 Å². The van der Waals surface area contributed by atoms with E-state index in [9.17, 15) is 9.59 Å². The van der Waals surface area contributed by atoms with Crippen molar-refractivity contribution in [2.24, 2.45) is 0 Å². The maximum Gasteiger partial charge on any atom is 0.251 e. The fourth-order valence-corrected chi connectivity index (χ4v) is 5.19. The van der Waals surface area contributed by atoms with Gasteiger partial charge in [-0.05, 0) is 50.4 Å². The fourth-order valence-electron chi connectivity index (χ4n) is 5.19. The Hall–Kier alpha value is -3.45. The molecule has 188 valence electrons. The van der Waals surface area contributed by atoms with Crippen LogP contribution in [0.2, 0.25) is 0 Å². The second kappa shape index (κ2) is 11.1. The lowest BCUT2D eigenvalue weighted by Crippen LogP contribution is -2.39. The van der Waals surface area contributed by atoms with Crippen LogP contribution in [0.3, 0.4) is 0 Å². The van der Waals surface area contributed by atoms with E-state index < -0.39 is 0 Å². The molecule has 2 aliphatic rings. The predicted octanol–water partition coefficient (Wildman–Crippen LogP) is 4.48. The second-order valence-corrected chi connectivity index (χ2v) is 9.89. The molecule has 0 spiro atoms. The highest BCUT2D eigenvalue weighted by Crippen LogP contribution is 2.29.